The molecule has 2 unspecified atom stereocenters. The van der Waals surface area contributed by atoms with E-state index in [0.29, 0.717) is 74.3 Å². The fraction of sp³-hybridized carbons (Fsp3) is 0.455. The summed E-state index contributed by atoms with van der Waals surface area (Å²) in [4.78, 5) is 45.1. The van der Waals surface area contributed by atoms with Gasteiger partial charge in [0.15, 0.2) is 11.6 Å². The number of anilines is 2. The van der Waals surface area contributed by atoms with Crippen molar-refractivity contribution >= 4 is 40.2 Å². The molecule has 264 valence electrons. The predicted molar refractivity (Wildman–Crippen MR) is 178 cm³/mol. The van der Waals surface area contributed by atoms with Crippen molar-refractivity contribution in [3.05, 3.63) is 74.4 Å². The van der Waals surface area contributed by atoms with Crippen molar-refractivity contribution in [1.29, 1.82) is 0 Å². The number of rotatable bonds is 8. The van der Waals surface area contributed by atoms with Gasteiger partial charge in [0.05, 0.1) is 46.6 Å². The molecule has 50 heavy (non-hydrogen) atoms. The Kier molecular flexibility index (Phi) is 9.03. The predicted octanol–water partition coefficient (Wildman–Crippen LogP) is 3.94. The Morgan fingerprint density at radius 1 is 1.16 bits per heavy atom. The quantitative estimate of drug-likeness (QED) is 0.276. The van der Waals surface area contributed by atoms with Gasteiger partial charge in [-0.25, -0.2) is 9.97 Å². The van der Waals surface area contributed by atoms with Crippen LogP contribution in [0.5, 0.6) is 5.75 Å². The molecule has 3 aliphatic heterocycles. The number of benzene rings is 1. The van der Waals surface area contributed by atoms with Crippen LogP contribution in [-0.2, 0) is 35.2 Å². The van der Waals surface area contributed by atoms with Crippen molar-refractivity contribution in [2.75, 3.05) is 49.6 Å². The molecule has 0 radical (unpaired) electrons. The lowest BCUT2D eigenvalue weighted by Crippen LogP contribution is -2.36. The smallest absolute Gasteiger partial charge is 0.416 e. The van der Waals surface area contributed by atoms with Gasteiger partial charge in [-0.15, -0.1) is 5.10 Å². The molecule has 2 atom stereocenters. The number of carbonyl (C=O) groups is 1. The van der Waals surface area contributed by atoms with Gasteiger partial charge in [-0.2, -0.15) is 22.7 Å². The molecule has 1 aromatic carbocycles. The van der Waals surface area contributed by atoms with E-state index in [1.54, 1.807) is 11.5 Å². The van der Waals surface area contributed by atoms with Crippen molar-refractivity contribution in [3.8, 4) is 5.75 Å². The van der Waals surface area contributed by atoms with Gasteiger partial charge in [0.1, 0.15) is 18.6 Å². The van der Waals surface area contributed by atoms with E-state index in [2.05, 4.69) is 30.2 Å². The molecular formula is C33H35ClF3N9O4. The van der Waals surface area contributed by atoms with E-state index in [-0.39, 0.29) is 46.2 Å². The minimum absolute atomic E-state index is 0.0249. The topological polar surface area (TPSA) is 143 Å². The number of hydrogen-bond acceptors (Lipinski definition) is 10. The number of amides is 1. The van der Waals surface area contributed by atoms with Gasteiger partial charge in [0.2, 0.25) is 11.7 Å². The fourth-order valence-corrected chi connectivity index (χ4v) is 7.40. The number of nitrogens with one attached hydrogen (secondary N) is 1. The van der Waals surface area contributed by atoms with Crippen molar-refractivity contribution in [2.24, 2.45) is 11.8 Å². The molecule has 4 aromatic rings. The van der Waals surface area contributed by atoms with Crippen LogP contribution in [0.3, 0.4) is 0 Å². The van der Waals surface area contributed by atoms with Crippen LogP contribution >= 0.6 is 11.6 Å². The molecule has 3 aliphatic rings. The van der Waals surface area contributed by atoms with Crippen molar-refractivity contribution < 1.29 is 27.8 Å². The van der Waals surface area contributed by atoms with Gasteiger partial charge < -0.3 is 24.6 Å². The summed E-state index contributed by atoms with van der Waals surface area (Å²) in [6, 6.07) is 2.73. The second-order valence-electron chi connectivity index (χ2n) is 12.9. The fourth-order valence-electron chi connectivity index (χ4n) is 7.17. The summed E-state index contributed by atoms with van der Waals surface area (Å²) in [7, 11) is 0. The SMILES string of the molecule is CCc1c(N2CC3CN(Cc4ncnc(C)c4O)CC3C2)c(=O)n2nc(C3=CCOCC3)nc2n1CC(=O)Nc1ccc(C(F)(F)F)cc1Cl. The molecule has 0 spiro atoms. The van der Waals surface area contributed by atoms with E-state index in [4.69, 9.17) is 21.3 Å². The molecule has 13 nitrogen and oxygen atoms in total. The molecule has 2 N–H and O–H groups in total. The monoisotopic (exact) mass is 713 g/mol. The Balaban J connectivity index is 1.20. The molecule has 7 rings (SSSR count). The Labute approximate surface area is 289 Å². The van der Waals surface area contributed by atoms with Crippen molar-refractivity contribution in [3.63, 3.8) is 0 Å². The molecular weight excluding hydrogens is 679 g/mol. The second kappa shape index (κ2) is 13.3. The largest absolute Gasteiger partial charge is 0.504 e. The lowest BCUT2D eigenvalue weighted by Gasteiger charge is -2.26. The van der Waals surface area contributed by atoms with E-state index in [0.717, 1.165) is 36.9 Å². The number of carbonyl (C=O) groups excluding carboxylic acids is 1. The average Bonchev–Trinajstić information content (AvgIpc) is 3.79. The molecule has 0 aliphatic carbocycles. The molecule has 1 amide bonds. The van der Waals surface area contributed by atoms with Crippen molar-refractivity contribution in [2.45, 2.75) is 46.0 Å². The van der Waals surface area contributed by atoms with Gasteiger partial charge in [0, 0.05) is 32.7 Å². The maximum absolute atomic E-state index is 14.3. The Bertz CT molecular complexity index is 2050. The Morgan fingerprint density at radius 3 is 2.58 bits per heavy atom. The third-order valence-electron chi connectivity index (χ3n) is 9.62. The molecule has 2 saturated heterocycles. The van der Waals surface area contributed by atoms with Crippen LogP contribution in [0.1, 0.15) is 41.8 Å². The first kappa shape index (κ1) is 33.9. The number of aromatic hydroxyl groups is 1. The average molecular weight is 714 g/mol. The van der Waals surface area contributed by atoms with Gasteiger partial charge >= 0.3 is 6.18 Å². The van der Waals surface area contributed by atoms with E-state index in [1.807, 2.05) is 13.0 Å². The van der Waals surface area contributed by atoms with Crippen LogP contribution in [0.25, 0.3) is 11.4 Å². The highest BCUT2D eigenvalue weighted by molar-refractivity contribution is 6.33. The molecule has 2 fully saturated rings. The highest BCUT2D eigenvalue weighted by Gasteiger charge is 2.42. The first-order valence-electron chi connectivity index (χ1n) is 16.3. The van der Waals surface area contributed by atoms with E-state index in [1.165, 1.54) is 10.8 Å². The van der Waals surface area contributed by atoms with Crippen LogP contribution < -0.4 is 15.8 Å². The zero-order valence-corrected chi connectivity index (χ0v) is 28.1. The normalized spacial score (nSPS) is 19.6. The van der Waals surface area contributed by atoms with E-state index in [9.17, 15) is 27.9 Å². The maximum atomic E-state index is 14.3. The van der Waals surface area contributed by atoms with Crippen LogP contribution in [0, 0.1) is 18.8 Å². The number of likely N-dealkylation sites (tertiary alicyclic amines) is 1. The van der Waals surface area contributed by atoms with Gasteiger partial charge in [-0.3, -0.25) is 14.5 Å². The zero-order valence-electron chi connectivity index (χ0n) is 27.4. The summed E-state index contributed by atoms with van der Waals surface area (Å²) in [6.07, 6.45) is -0.327. The summed E-state index contributed by atoms with van der Waals surface area (Å²) < 4.78 is 47.9. The maximum Gasteiger partial charge on any atom is 0.416 e. The first-order valence-corrected chi connectivity index (χ1v) is 16.7. The van der Waals surface area contributed by atoms with Crippen LogP contribution in [-0.4, -0.2) is 84.4 Å². The minimum atomic E-state index is -4.59. The molecule has 0 bridgehead atoms. The lowest BCUT2D eigenvalue weighted by atomic mass is 10.0. The Morgan fingerprint density at radius 2 is 1.92 bits per heavy atom. The van der Waals surface area contributed by atoms with Crippen LogP contribution in [0.4, 0.5) is 24.5 Å². The number of aryl methyl sites for hydroxylation is 1. The zero-order chi connectivity index (χ0) is 35.3. The molecule has 17 heteroatoms. The van der Waals surface area contributed by atoms with Gasteiger partial charge in [0.25, 0.3) is 5.56 Å². The van der Waals surface area contributed by atoms with Crippen molar-refractivity contribution in [1.82, 2.24) is 34.0 Å². The number of ether oxygens (including phenoxy) is 1. The van der Waals surface area contributed by atoms with Crippen LogP contribution in [0.15, 0.2) is 35.4 Å². The number of alkyl halides is 3. The number of aromatic nitrogens is 6. The second-order valence-corrected chi connectivity index (χ2v) is 13.3. The molecule has 0 saturated carbocycles. The third kappa shape index (κ3) is 6.42. The summed E-state index contributed by atoms with van der Waals surface area (Å²) in [5.74, 6) is 0.568. The first-order chi connectivity index (χ1) is 23.9. The highest BCUT2D eigenvalue weighted by atomic mass is 35.5. The van der Waals surface area contributed by atoms with E-state index >= 15 is 0 Å². The summed E-state index contributed by atoms with van der Waals surface area (Å²) in [5, 5.41) is 17.4. The number of hydrogen-bond donors (Lipinski definition) is 2. The van der Waals surface area contributed by atoms with Crippen LogP contribution in [0.2, 0.25) is 5.02 Å². The summed E-state index contributed by atoms with van der Waals surface area (Å²) >= 11 is 6.14. The molecule has 6 heterocycles. The Hall–Kier alpha value is -4.54. The molecule has 3 aromatic heterocycles. The summed E-state index contributed by atoms with van der Waals surface area (Å²) in [5.41, 5.74) is 1.71. The van der Waals surface area contributed by atoms with Gasteiger partial charge in [-0.1, -0.05) is 24.6 Å². The third-order valence-corrected chi connectivity index (χ3v) is 9.93. The highest BCUT2D eigenvalue weighted by Crippen LogP contribution is 2.37. The summed E-state index contributed by atoms with van der Waals surface area (Å²) in [6.45, 7) is 7.39. The number of fused-ring (bicyclic) bond motifs is 2. The number of halogens is 4. The van der Waals surface area contributed by atoms with E-state index < -0.39 is 17.6 Å². The van der Waals surface area contributed by atoms with Gasteiger partial charge in [-0.05, 0) is 55.4 Å². The number of nitrogens with zero attached hydrogens (tertiary/aromatic N) is 8. The lowest BCUT2D eigenvalue weighted by molar-refractivity contribution is -0.137. The standard InChI is InChI=1S/C33H35ClF3N9O4/c1-3-26-28(44-13-20-11-43(12-21(20)14-44)15-25-29(48)18(2)38-17-39-25)31(49)46-32(41-30(42-46)19-6-8-50-9-7-19)45(26)16-27(47)40-24-5-4-22(10-23(24)34)33(35,36)37/h4-6,10,17,20-21,48H,3,7-9,11-16H2,1-2H3,(H,40,47). The minimum Gasteiger partial charge on any atom is -0.504 e.